The minimum absolute atomic E-state index is 0.213. The van der Waals surface area contributed by atoms with Gasteiger partial charge in [-0.15, -0.1) is 11.6 Å². The number of nitrogens with zero attached hydrogens (tertiary/aromatic N) is 2. The fourth-order valence-corrected chi connectivity index (χ4v) is 2.80. The van der Waals surface area contributed by atoms with Crippen molar-refractivity contribution in [3.8, 4) is 0 Å². The lowest BCUT2D eigenvalue weighted by atomic mass is 10.2. The van der Waals surface area contributed by atoms with E-state index in [0.29, 0.717) is 17.0 Å². The van der Waals surface area contributed by atoms with E-state index in [1.165, 1.54) is 6.07 Å². The molecular weight excluding hydrogens is 267 g/mol. The molecule has 3 rings (SSSR count). The molecular formula is C14H16ClFN2O. The highest BCUT2D eigenvalue weighted by Gasteiger charge is 2.20. The van der Waals surface area contributed by atoms with Crippen LogP contribution in [0.1, 0.15) is 24.2 Å². The van der Waals surface area contributed by atoms with Crippen molar-refractivity contribution in [1.82, 2.24) is 9.55 Å². The van der Waals surface area contributed by atoms with E-state index in [2.05, 4.69) is 9.55 Å². The number of hydrogen-bond acceptors (Lipinski definition) is 2. The smallest absolute Gasteiger partial charge is 0.128 e. The molecule has 1 atom stereocenters. The summed E-state index contributed by atoms with van der Waals surface area (Å²) in [5, 5.41) is 0. The van der Waals surface area contributed by atoms with Crippen molar-refractivity contribution >= 4 is 22.6 Å². The summed E-state index contributed by atoms with van der Waals surface area (Å²) >= 11 is 5.95. The van der Waals surface area contributed by atoms with Crippen LogP contribution in [0.2, 0.25) is 0 Å². The van der Waals surface area contributed by atoms with Gasteiger partial charge in [-0.3, -0.25) is 0 Å². The molecule has 2 aromatic rings. The first-order valence-electron chi connectivity index (χ1n) is 6.52. The van der Waals surface area contributed by atoms with Gasteiger partial charge in [0.15, 0.2) is 0 Å². The normalized spacial score (nSPS) is 19.4. The van der Waals surface area contributed by atoms with Gasteiger partial charge < -0.3 is 9.30 Å². The van der Waals surface area contributed by atoms with Crippen LogP contribution in [-0.4, -0.2) is 22.3 Å². The van der Waals surface area contributed by atoms with Gasteiger partial charge in [0.1, 0.15) is 11.6 Å². The Labute approximate surface area is 116 Å². The lowest BCUT2D eigenvalue weighted by Crippen LogP contribution is -2.16. The van der Waals surface area contributed by atoms with E-state index in [-0.39, 0.29) is 11.9 Å². The van der Waals surface area contributed by atoms with E-state index in [1.54, 1.807) is 6.92 Å². The molecule has 2 heterocycles. The molecule has 1 fully saturated rings. The van der Waals surface area contributed by atoms with Crippen molar-refractivity contribution in [2.45, 2.75) is 38.3 Å². The Bertz CT molecular complexity index is 605. The number of aryl methyl sites for hydroxylation is 1. The van der Waals surface area contributed by atoms with Gasteiger partial charge in [0.2, 0.25) is 0 Å². The number of fused-ring (bicyclic) bond motifs is 1. The third-order valence-electron chi connectivity index (χ3n) is 3.64. The molecule has 19 heavy (non-hydrogen) atoms. The van der Waals surface area contributed by atoms with Crippen LogP contribution in [0.4, 0.5) is 4.39 Å². The number of halogens is 2. The van der Waals surface area contributed by atoms with E-state index in [9.17, 15) is 4.39 Å². The van der Waals surface area contributed by atoms with E-state index in [0.717, 1.165) is 37.3 Å². The van der Waals surface area contributed by atoms with Gasteiger partial charge >= 0.3 is 0 Å². The van der Waals surface area contributed by atoms with Crippen LogP contribution in [0.5, 0.6) is 0 Å². The van der Waals surface area contributed by atoms with Crippen molar-refractivity contribution in [2.24, 2.45) is 0 Å². The van der Waals surface area contributed by atoms with Gasteiger partial charge in [0, 0.05) is 12.7 Å². The fourth-order valence-electron chi connectivity index (χ4n) is 2.60. The van der Waals surface area contributed by atoms with Gasteiger partial charge in [-0.25, -0.2) is 9.37 Å². The number of hydrogen-bond donors (Lipinski definition) is 0. The lowest BCUT2D eigenvalue weighted by Gasteiger charge is -2.13. The van der Waals surface area contributed by atoms with E-state index < -0.39 is 0 Å². The summed E-state index contributed by atoms with van der Waals surface area (Å²) in [5.41, 5.74) is 2.23. The van der Waals surface area contributed by atoms with Crippen molar-refractivity contribution in [3.05, 3.63) is 29.3 Å². The summed E-state index contributed by atoms with van der Waals surface area (Å²) in [5.74, 6) is 0.870. The number of benzene rings is 1. The molecule has 0 bridgehead atoms. The number of rotatable bonds is 3. The fraction of sp³-hybridized carbons (Fsp3) is 0.500. The lowest BCUT2D eigenvalue weighted by molar-refractivity contribution is 0.0974. The second-order valence-electron chi connectivity index (χ2n) is 5.00. The topological polar surface area (TPSA) is 27.1 Å². The Morgan fingerprint density at radius 1 is 1.53 bits per heavy atom. The molecule has 1 aromatic heterocycles. The second-order valence-corrected chi connectivity index (χ2v) is 5.26. The van der Waals surface area contributed by atoms with Gasteiger partial charge in [-0.2, -0.15) is 0 Å². The molecule has 1 aliphatic rings. The first-order chi connectivity index (χ1) is 9.19. The SMILES string of the molecule is Cc1cc2c(cc1F)nc(CCl)n2CC1CCCO1. The summed E-state index contributed by atoms with van der Waals surface area (Å²) in [6.07, 6.45) is 2.37. The van der Waals surface area contributed by atoms with Crippen LogP contribution in [0.3, 0.4) is 0 Å². The molecule has 5 heteroatoms. The quantitative estimate of drug-likeness (QED) is 0.807. The van der Waals surface area contributed by atoms with Crippen LogP contribution >= 0.6 is 11.6 Å². The highest BCUT2D eigenvalue weighted by Crippen LogP contribution is 2.24. The molecule has 0 amide bonds. The second kappa shape index (κ2) is 5.10. The highest BCUT2D eigenvalue weighted by atomic mass is 35.5. The van der Waals surface area contributed by atoms with Crippen molar-refractivity contribution in [1.29, 1.82) is 0 Å². The minimum Gasteiger partial charge on any atom is -0.376 e. The zero-order valence-electron chi connectivity index (χ0n) is 10.8. The molecule has 0 spiro atoms. The Balaban J connectivity index is 2.06. The Morgan fingerprint density at radius 3 is 3.05 bits per heavy atom. The average Bonchev–Trinajstić information content (AvgIpc) is 3.00. The zero-order chi connectivity index (χ0) is 13.4. The molecule has 102 valence electrons. The molecule has 1 aliphatic heterocycles. The van der Waals surface area contributed by atoms with Crippen LogP contribution < -0.4 is 0 Å². The number of imidazole rings is 1. The Kier molecular flexibility index (Phi) is 3.46. The largest absolute Gasteiger partial charge is 0.376 e. The predicted octanol–water partition coefficient (Wildman–Crippen LogP) is 3.40. The molecule has 1 aromatic carbocycles. The summed E-state index contributed by atoms with van der Waals surface area (Å²) in [6.45, 7) is 3.32. The maximum Gasteiger partial charge on any atom is 0.128 e. The average molecular weight is 283 g/mol. The molecule has 1 unspecified atom stereocenters. The molecule has 0 saturated carbocycles. The van der Waals surface area contributed by atoms with Gasteiger partial charge in [0.25, 0.3) is 0 Å². The minimum atomic E-state index is -0.226. The van der Waals surface area contributed by atoms with Crippen LogP contribution in [-0.2, 0) is 17.2 Å². The summed E-state index contributed by atoms with van der Waals surface area (Å²) in [7, 11) is 0. The Hall–Kier alpha value is -1.13. The molecule has 0 N–H and O–H groups in total. The summed E-state index contributed by atoms with van der Waals surface area (Å²) in [4.78, 5) is 4.41. The van der Waals surface area contributed by atoms with E-state index in [1.807, 2.05) is 6.07 Å². The maximum atomic E-state index is 13.6. The highest BCUT2D eigenvalue weighted by molar-refractivity contribution is 6.16. The van der Waals surface area contributed by atoms with Gasteiger partial charge in [-0.05, 0) is 31.4 Å². The van der Waals surface area contributed by atoms with Crippen molar-refractivity contribution < 1.29 is 9.13 Å². The first-order valence-corrected chi connectivity index (χ1v) is 7.05. The number of aromatic nitrogens is 2. The first kappa shape index (κ1) is 12.9. The molecule has 0 aliphatic carbocycles. The molecule has 3 nitrogen and oxygen atoms in total. The summed E-state index contributed by atoms with van der Waals surface area (Å²) < 4.78 is 21.3. The zero-order valence-corrected chi connectivity index (χ0v) is 11.6. The third kappa shape index (κ3) is 2.35. The van der Waals surface area contributed by atoms with Crippen LogP contribution in [0.15, 0.2) is 12.1 Å². The van der Waals surface area contributed by atoms with Gasteiger partial charge in [0.05, 0.1) is 29.6 Å². The molecule has 1 saturated heterocycles. The Morgan fingerprint density at radius 2 is 2.37 bits per heavy atom. The van der Waals surface area contributed by atoms with Crippen LogP contribution in [0, 0.1) is 12.7 Å². The standard InChI is InChI=1S/C14H16ClFN2O/c1-9-5-13-12(6-11(9)16)17-14(7-15)18(13)8-10-3-2-4-19-10/h5-6,10H,2-4,7-8H2,1H3. The number of ether oxygens (including phenoxy) is 1. The van der Waals surface area contributed by atoms with E-state index >= 15 is 0 Å². The monoisotopic (exact) mass is 282 g/mol. The number of alkyl halides is 1. The summed E-state index contributed by atoms with van der Waals surface area (Å²) in [6, 6.07) is 3.31. The molecule has 0 radical (unpaired) electrons. The third-order valence-corrected chi connectivity index (χ3v) is 3.88. The van der Waals surface area contributed by atoms with Crippen molar-refractivity contribution in [2.75, 3.05) is 6.61 Å². The maximum absolute atomic E-state index is 13.6. The van der Waals surface area contributed by atoms with E-state index in [4.69, 9.17) is 16.3 Å². The van der Waals surface area contributed by atoms with Crippen LogP contribution in [0.25, 0.3) is 11.0 Å². The van der Waals surface area contributed by atoms with Crippen molar-refractivity contribution in [3.63, 3.8) is 0 Å². The van der Waals surface area contributed by atoms with Gasteiger partial charge in [-0.1, -0.05) is 0 Å². The predicted molar refractivity (Wildman–Crippen MR) is 73.0 cm³/mol.